The highest BCUT2D eigenvalue weighted by Crippen LogP contribution is 2.34. The molecule has 0 aliphatic heterocycles. The number of nitrogens with zero attached hydrogens (tertiary/aromatic N) is 5. The van der Waals surface area contributed by atoms with Gasteiger partial charge in [-0.3, -0.25) is 0 Å². The lowest BCUT2D eigenvalue weighted by molar-refractivity contribution is 0.298. The Labute approximate surface area is 173 Å². The molecule has 7 nitrogen and oxygen atoms in total. The van der Waals surface area contributed by atoms with Crippen molar-refractivity contribution in [3.8, 4) is 22.6 Å². The topological polar surface area (TPSA) is 83.8 Å². The van der Waals surface area contributed by atoms with Crippen LogP contribution in [0.3, 0.4) is 0 Å². The second-order valence-corrected chi connectivity index (χ2v) is 6.88. The van der Waals surface area contributed by atoms with Crippen molar-refractivity contribution in [3.63, 3.8) is 0 Å². The van der Waals surface area contributed by atoms with Crippen LogP contribution in [0.5, 0.6) is 5.75 Å². The fourth-order valence-electron chi connectivity index (χ4n) is 3.53. The van der Waals surface area contributed by atoms with E-state index < -0.39 is 0 Å². The highest BCUT2D eigenvalue weighted by Gasteiger charge is 2.16. The number of imidazole rings is 1. The van der Waals surface area contributed by atoms with E-state index >= 15 is 0 Å². The summed E-state index contributed by atoms with van der Waals surface area (Å²) >= 11 is 0. The molecule has 0 aliphatic carbocycles. The molecule has 2 aromatic carbocycles. The number of ether oxygens (including phenoxy) is 1. The summed E-state index contributed by atoms with van der Waals surface area (Å²) in [5.41, 5.74) is 10.00. The van der Waals surface area contributed by atoms with E-state index in [9.17, 15) is 0 Å². The molecule has 0 aliphatic rings. The van der Waals surface area contributed by atoms with Gasteiger partial charge in [0.25, 0.3) is 0 Å². The normalized spacial score (nSPS) is 11.1. The third kappa shape index (κ3) is 3.37. The fraction of sp³-hybridized carbons (Fsp3) is 0.0870. The number of anilines is 1. The molecular weight excluding hydrogens is 376 g/mol. The molecule has 3 aromatic heterocycles. The molecule has 148 valence electrons. The van der Waals surface area contributed by atoms with Gasteiger partial charge >= 0.3 is 0 Å². The Bertz CT molecular complexity index is 1280. The van der Waals surface area contributed by atoms with Gasteiger partial charge in [0, 0.05) is 30.2 Å². The standard InChI is InChI=1S/C23H20N6O/c24-22-21-20(17-5-2-1-3-6-17)14-29(23(21)27-15-26-22)18-7-4-8-19(13-18)30-12-11-28-10-9-25-16-28/h1-10,13-16H,11-12H2,(H2,24,26,27). The van der Waals surface area contributed by atoms with Gasteiger partial charge in [0.15, 0.2) is 5.65 Å². The van der Waals surface area contributed by atoms with E-state index in [-0.39, 0.29) is 0 Å². The highest BCUT2D eigenvalue weighted by atomic mass is 16.5. The molecule has 0 saturated heterocycles. The summed E-state index contributed by atoms with van der Waals surface area (Å²) in [4.78, 5) is 12.8. The lowest BCUT2D eigenvalue weighted by atomic mass is 10.1. The lowest BCUT2D eigenvalue weighted by Crippen LogP contribution is -2.06. The van der Waals surface area contributed by atoms with Crippen LogP contribution in [0.4, 0.5) is 5.82 Å². The zero-order valence-corrected chi connectivity index (χ0v) is 16.2. The smallest absolute Gasteiger partial charge is 0.150 e. The summed E-state index contributed by atoms with van der Waals surface area (Å²) < 4.78 is 9.96. The fourth-order valence-corrected chi connectivity index (χ4v) is 3.53. The Morgan fingerprint density at radius 1 is 1.00 bits per heavy atom. The van der Waals surface area contributed by atoms with Gasteiger partial charge in [-0.2, -0.15) is 0 Å². The van der Waals surface area contributed by atoms with Crippen LogP contribution in [-0.4, -0.2) is 30.7 Å². The first-order valence-corrected chi connectivity index (χ1v) is 9.65. The van der Waals surface area contributed by atoms with Crippen LogP contribution >= 0.6 is 0 Å². The molecule has 0 bridgehead atoms. The molecule has 30 heavy (non-hydrogen) atoms. The molecule has 0 fully saturated rings. The van der Waals surface area contributed by atoms with Crippen LogP contribution in [0.15, 0.2) is 85.8 Å². The monoisotopic (exact) mass is 396 g/mol. The number of fused-ring (bicyclic) bond motifs is 1. The van der Waals surface area contributed by atoms with Gasteiger partial charge in [-0.25, -0.2) is 15.0 Å². The highest BCUT2D eigenvalue weighted by molar-refractivity contribution is 6.01. The Balaban J connectivity index is 1.51. The van der Waals surface area contributed by atoms with Crippen molar-refractivity contribution in [2.75, 3.05) is 12.3 Å². The van der Waals surface area contributed by atoms with Gasteiger partial charge in [-0.1, -0.05) is 36.4 Å². The van der Waals surface area contributed by atoms with Gasteiger partial charge in [-0.05, 0) is 17.7 Å². The van der Waals surface area contributed by atoms with E-state index in [0.29, 0.717) is 12.4 Å². The van der Waals surface area contributed by atoms with Gasteiger partial charge in [0.1, 0.15) is 24.5 Å². The number of hydrogen-bond donors (Lipinski definition) is 1. The number of nitrogens with two attached hydrogens (primary N) is 1. The summed E-state index contributed by atoms with van der Waals surface area (Å²) in [7, 11) is 0. The Morgan fingerprint density at radius 2 is 1.90 bits per heavy atom. The number of hydrogen-bond acceptors (Lipinski definition) is 5. The second-order valence-electron chi connectivity index (χ2n) is 6.88. The van der Waals surface area contributed by atoms with E-state index in [0.717, 1.165) is 40.1 Å². The van der Waals surface area contributed by atoms with Crippen molar-refractivity contribution in [1.29, 1.82) is 0 Å². The molecule has 0 saturated carbocycles. The minimum Gasteiger partial charge on any atom is -0.492 e. The SMILES string of the molecule is Nc1ncnc2c1c(-c1ccccc1)cn2-c1cccc(OCCn2ccnc2)c1. The minimum atomic E-state index is 0.463. The molecule has 5 aromatic rings. The van der Waals surface area contributed by atoms with Crippen LogP contribution in [0, 0.1) is 0 Å². The predicted octanol–water partition coefficient (Wildman–Crippen LogP) is 3.95. The maximum absolute atomic E-state index is 6.23. The van der Waals surface area contributed by atoms with Crippen molar-refractivity contribution in [2.24, 2.45) is 0 Å². The average molecular weight is 396 g/mol. The third-order valence-electron chi connectivity index (χ3n) is 4.97. The van der Waals surface area contributed by atoms with E-state index in [1.165, 1.54) is 6.33 Å². The number of aromatic nitrogens is 5. The Hall–Kier alpha value is -4.13. The molecule has 7 heteroatoms. The van der Waals surface area contributed by atoms with Gasteiger partial charge in [-0.15, -0.1) is 0 Å². The molecule has 3 heterocycles. The van der Waals surface area contributed by atoms with Crippen molar-refractivity contribution >= 4 is 16.9 Å². The van der Waals surface area contributed by atoms with E-state index in [2.05, 4.69) is 33.3 Å². The zero-order chi connectivity index (χ0) is 20.3. The number of nitrogen functional groups attached to an aromatic ring is 1. The van der Waals surface area contributed by atoms with E-state index in [4.69, 9.17) is 10.5 Å². The number of benzene rings is 2. The first kappa shape index (κ1) is 17.9. The summed E-state index contributed by atoms with van der Waals surface area (Å²) in [6.45, 7) is 1.29. The predicted molar refractivity (Wildman–Crippen MR) is 116 cm³/mol. The minimum absolute atomic E-state index is 0.463. The van der Waals surface area contributed by atoms with Crippen LogP contribution in [0.1, 0.15) is 0 Å². The van der Waals surface area contributed by atoms with Gasteiger partial charge in [0.2, 0.25) is 0 Å². The van der Waals surface area contributed by atoms with Crippen LogP contribution in [0.25, 0.3) is 27.8 Å². The van der Waals surface area contributed by atoms with Gasteiger partial charge < -0.3 is 19.6 Å². The van der Waals surface area contributed by atoms with Crippen molar-refractivity contribution in [3.05, 3.63) is 85.8 Å². The lowest BCUT2D eigenvalue weighted by Gasteiger charge is -2.10. The first-order valence-electron chi connectivity index (χ1n) is 9.65. The van der Waals surface area contributed by atoms with Crippen LogP contribution < -0.4 is 10.5 Å². The maximum Gasteiger partial charge on any atom is 0.150 e. The Kier molecular flexibility index (Phi) is 4.61. The van der Waals surface area contributed by atoms with Crippen molar-refractivity contribution in [2.45, 2.75) is 6.54 Å². The van der Waals surface area contributed by atoms with Crippen molar-refractivity contribution < 1.29 is 4.74 Å². The van der Waals surface area contributed by atoms with Crippen molar-refractivity contribution in [1.82, 2.24) is 24.1 Å². The molecular formula is C23H20N6O. The molecule has 0 atom stereocenters. The molecule has 0 unspecified atom stereocenters. The summed E-state index contributed by atoms with van der Waals surface area (Å²) in [5, 5.41) is 0.843. The van der Waals surface area contributed by atoms with E-state index in [1.807, 2.05) is 57.8 Å². The van der Waals surface area contributed by atoms with Crippen LogP contribution in [0.2, 0.25) is 0 Å². The molecule has 0 spiro atoms. The Morgan fingerprint density at radius 3 is 2.73 bits per heavy atom. The molecule has 0 amide bonds. The average Bonchev–Trinajstić information content (AvgIpc) is 3.43. The largest absolute Gasteiger partial charge is 0.492 e. The first-order chi connectivity index (χ1) is 14.8. The molecule has 0 radical (unpaired) electrons. The van der Waals surface area contributed by atoms with Gasteiger partial charge in [0.05, 0.1) is 23.9 Å². The summed E-state index contributed by atoms with van der Waals surface area (Å²) in [6.07, 6.45) is 9.00. The summed E-state index contributed by atoms with van der Waals surface area (Å²) in [6, 6.07) is 18.1. The molecule has 5 rings (SSSR count). The molecule has 2 N–H and O–H groups in total. The second kappa shape index (κ2) is 7.71. The van der Waals surface area contributed by atoms with E-state index in [1.54, 1.807) is 12.5 Å². The number of rotatable bonds is 6. The summed E-state index contributed by atoms with van der Waals surface area (Å²) in [5.74, 6) is 1.25. The third-order valence-corrected chi connectivity index (χ3v) is 4.97. The zero-order valence-electron chi connectivity index (χ0n) is 16.2. The maximum atomic E-state index is 6.23. The van der Waals surface area contributed by atoms with Crippen LogP contribution in [-0.2, 0) is 6.54 Å². The quantitative estimate of drug-likeness (QED) is 0.470.